The molecule has 0 aliphatic heterocycles. The summed E-state index contributed by atoms with van der Waals surface area (Å²) in [5.41, 5.74) is 15.3. The van der Waals surface area contributed by atoms with Crippen LogP contribution in [0.5, 0.6) is 0 Å². The Morgan fingerprint density at radius 1 is 0.608 bits per heavy atom. The van der Waals surface area contributed by atoms with Gasteiger partial charge in [-0.05, 0) is 93.4 Å². The molecule has 1 heterocycles. The third-order valence-electron chi connectivity index (χ3n) is 10.6. The van der Waals surface area contributed by atoms with Gasteiger partial charge in [-0.3, -0.25) is 0 Å². The first kappa shape index (κ1) is 29.6. The van der Waals surface area contributed by atoms with E-state index in [0.29, 0.717) is 0 Å². The molecule has 2 aliphatic rings. The zero-order valence-electron chi connectivity index (χ0n) is 28.0. The number of benzene rings is 6. The molecule has 0 radical (unpaired) electrons. The highest BCUT2D eigenvalue weighted by Crippen LogP contribution is 2.57. The number of thiophene rings is 1. The highest BCUT2D eigenvalue weighted by molar-refractivity contribution is 7.25. The Bertz CT molecular complexity index is 2720. The normalized spacial score (nSPS) is 13.2. The molecule has 51 heavy (non-hydrogen) atoms. The van der Waals surface area contributed by atoms with Crippen LogP contribution < -0.4 is 4.90 Å². The average Bonchev–Trinajstić information content (AvgIpc) is 3.51. The zero-order chi connectivity index (χ0) is 34.1. The second-order valence-corrected chi connectivity index (χ2v) is 14.4. The van der Waals surface area contributed by atoms with Crippen molar-refractivity contribution in [1.82, 2.24) is 0 Å². The molecule has 2 heteroatoms. The van der Waals surface area contributed by atoms with Crippen LogP contribution in [0.2, 0.25) is 0 Å². The minimum absolute atomic E-state index is 0.196. The van der Waals surface area contributed by atoms with E-state index in [9.17, 15) is 0 Å². The number of terminal acetylenes is 1. The fourth-order valence-corrected chi connectivity index (χ4v) is 9.50. The predicted octanol–water partition coefficient (Wildman–Crippen LogP) is 13.1. The van der Waals surface area contributed by atoms with Crippen molar-refractivity contribution in [3.63, 3.8) is 0 Å². The van der Waals surface area contributed by atoms with Crippen LogP contribution in [-0.4, -0.2) is 6.04 Å². The second kappa shape index (κ2) is 11.6. The summed E-state index contributed by atoms with van der Waals surface area (Å²) in [6.45, 7) is 2.08. The molecular formula is C49H31NS. The van der Waals surface area contributed by atoms with Crippen LogP contribution in [0.1, 0.15) is 18.4 Å². The maximum atomic E-state index is 6.47. The van der Waals surface area contributed by atoms with E-state index in [1.807, 2.05) is 17.4 Å². The lowest BCUT2D eigenvalue weighted by Gasteiger charge is -2.35. The molecule has 0 saturated carbocycles. The van der Waals surface area contributed by atoms with Gasteiger partial charge >= 0.3 is 0 Å². The second-order valence-electron chi connectivity index (χ2n) is 13.3. The predicted molar refractivity (Wildman–Crippen MR) is 216 cm³/mol. The lowest BCUT2D eigenvalue weighted by Crippen LogP contribution is -2.34. The molecular weight excluding hydrogens is 635 g/mol. The monoisotopic (exact) mass is 665 g/mol. The van der Waals surface area contributed by atoms with Crippen molar-refractivity contribution in [3.8, 4) is 68.0 Å². The minimum atomic E-state index is -0.222. The van der Waals surface area contributed by atoms with Crippen molar-refractivity contribution in [3.05, 3.63) is 169 Å². The minimum Gasteiger partial charge on any atom is -0.326 e. The number of allylic oxidation sites excluding steroid dienone is 1. The van der Waals surface area contributed by atoms with Crippen molar-refractivity contribution in [1.29, 1.82) is 0 Å². The molecule has 0 N–H and O–H groups in total. The topological polar surface area (TPSA) is 3.24 Å². The Morgan fingerprint density at radius 3 is 2.04 bits per heavy atom. The number of fused-ring (bicyclic) bond motifs is 7. The quantitative estimate of drug-likeness (QED) is 0.126. The molecule has 0 saturated heterocycles. The summed E-state index contributed by atoms with van der Waals surface area (Å²) < 4.78 is 2.55. The van der Waals surface area contributed by atoms with Gasteiger partial charge in [-0.1, -0.05) is 133 Å². The van der Waals surface area contributed by atoms with Crippen LogP contribution in [-0.2, 0) is 0 Å². The molecule has 0 fully saturated rings. The molecule has 1 aromatic heterocycles. The fraction of sp³-hybridized carbons (Fsp3) is 0.0612. The van der Waals surface area contributed by atoms with Gasteiger partial charge in [0.1, 0.15) is 0 Å². The van der Waals surface area contributed by atoms with Crippen LogP contribution in [0.15, 0.2) is 152 Å². The van der Waals surface area contributed by atoms with E-state index in [0.717, 1.165) is 28.1 Å². The Labute approximate surface area is 302 Å². The zero-order valence-corrected chi connectivity index (χ0v) is 28.8. The average molecular weight is 666 g/mol. The molecule has 0 amide bonds. The molecule has 2 aliphatic carbocycles. The van der Waals surface area contributed by atoms with Gasteiger partial charge in [0.05, 0.1) is 17.6 Å². The highest BCUT2D eigenvalue weighted by atomic mass is 32.1. The van der Waals surface area contributed by atoms with E-state index in [1.54, 1.807) is 0 Å². The molecule has 2 unspecified atom stereocenters. The van der Waals surface area contributed by atoms with Gasteiger partial charge in [0.25, 0.3) is 0 Å². The molecule has 6 bridgehead atoms. The van der Waals surface area contributed by atoms with E-state index in [-0.39, 0.29) is 12.0 Å². The highest BCUT2D eigenvalue weighted by Gasteiger charge is 2.33. The SMILES string of the molecule is C#CC(c1ccccc1)C(/C=C\C)N(c1c#cc2c(c1)-c1c3cccc1-c1cccc-2c1-c1ccccc1-3)c1ccc2sc3ccccc3c2c1. The van der Waals surface area contributed by atoms with Crippen molar-refractivity contribution in [2.75, 3.05) is 4.90 Å². The van der Waals surface area contributed by atoms with Gasteiger partial charge in [0.2, 0.25) is 0 Å². The van der Waals surface area contributed by atoms with Crippen molar-refractivity contribution >= 4 is 42.9 Å². The molecule has 0 spiro atoms. The molecule has 7 aromatic carbocycles. The Hall–Kier alpha value is -6.32. The lowest BCUT2D eigenvalue weighted by atomic mass is 9.84. The summed E-state index contributed by atoms with van der Waals surface area (Å²) in [7, 11) is 0. The summed E-state index contributed by atoms with van der Waals surface area (Å²) in [5, 5.41) is 2.51. The molecule has 2 atom stereocenters. The van der Waals surface area contributed by atoms with Gasteiger partial charge in [0.15, 0.2) is 0 Å². The standard InChI is InChI=1S/C49H31NS/c1-3-14-45(34(4-2)31-15-6-5-7-16-31)50(33-26-28-47-43(29-33)37-18-10-11-24-46(37)51-47)32-25-27-36-40-21-13-22-41-42-23-12-20-39(49(42)44(36)30-32)35-17-8-9-19-38(35)48(40)41/h2-3,5-24,26,28-30,34,45H,1H3/b14-3-. The summed E-state index contributed by atoms with van der Waals surface area (Å²) in [6.07, 6.45) is 10.8. The maximum absolute atomic E-state index is 6.47. The van der Waals surface area contributed by atoms with Crippen molar-refractivity contribution in [2.45, 2.75) is 18.9 Å². The molecule has 238 valence electrons. The Kier molecular flexibility index (Phi) is 6.75. The molecule has 1 nitrogen and oxygen atoms in total. The smallest absolute Gasteiger partial charge is 0.0940 e. The number of hydrogen-bond acceptors (Lipinski definition) is 2. The lowest BCUT2D eigenvalue weighted by molar-refractivity contribution is 0.713. The fourth-order valence-electron chi connectivity index (χ4n) is 8.41. The van der Waals surface area contributed by atoms with E-state index in [2.05, 4.69) is 175 Å². The third-order valence-corrected chi connectivity index (χ3v) is 11.7. The number of anilines is 2. The van der Waals surface area contributed by atoms with Gasteiger partial charge in [-0.15, -0.1) is 17.8 Å². The number of nitrogens with zero attached hydrogens (tertiary/aromatic N) is 1. The van der Waals surface area contributed by atoms with Gasteiger partial charge in [-0.2, -0.15) is 0 Å². The van der Waals surface area contributed by atoms with Crippen LogP contribution in [0.25, 0.3) is 75.8 Å². The van der Waals surface area contributed by atoms with Gasteiger partial charge in [-0.25, -0.2) is 0 Å². The van der Waals surface area contributed by atoms with Crippen LogP contribution in [0, 0.1) is 24.5 Å². The van der Waals surface area contributed by atoms with E-state index >= 15 is 0 Å². The third kappa shape index (κ3) is 4.44. The van der Waals surface area contributed by atoms with E-state index < -0.39 is 0 Å². The van der Waals surface area contributed by atoms with Gasteiger partial charge in [0, 0.05) is 37.0 Å². The van der Waals surface area contributed by atoms with Crippen LogP contribution in [0.4, 0.5) is 11.4 Å². The summed E-state index contributed by atoms with van der Waals surface area (Å²) in [6, 6.07) is 57.9. The number of rotatable bonds is 6. The maximum Gasteiger partial charge on any atom is 0.0940 e. The number of hydrogen-bond donors (Lipinski definition) is 0. The summed E-state index contributed by atoms with van der Waals surface area (Å²) >= 11 is 1.83. The Balaban J connectivity index is 1.26. The van der Waals surface area contributed by atoms with Crippen molar-refractivity contribution in [2.24, 2.45) is 0 Å². The molecule has 10 rings (SSSR count). The first-order chi connectivity index (χ1) is 25.2. The summed E-state index contributed by atoms with van der Waals surface area (Å²) in [5.74, 6) is 2.98. The first-order valence-corrected chi connectivity index (χ1v) is 18.2. The van der Waals surface area contributed by atoms with Crippen molar-refractivity contribution < 1.29 is 0 Å². The van der Waals surface area contributed by atoms with Gasteiger partial charge < -0.3 is 4.90 Å². The summed E-state index contributed by atoms with van der Waals surface area (Å²) in [4.78, 5) is 2.39. The largest absolute Gasteiger partial charge is 0.326 e. The van der Waals surface area contributed by atoms with E-state index in [1.165, 1.54) is 64.7 Å². The van der Waals surface area contributed by atoms with E-state index in [4.69, 9.17) is 6.42 Å². The molecule has 8 aromatic rings. The first-order valence-electron chi connectivity index (χ1n) is 17.4. The van der Waals surface area contributed by atoms with Crippen LogP contribution in [0.3, 0.4) is 0 Å². The Morgan fingerprint density at radius 2 is 1.25 bits per heavy atom. The van der Waals surface area contributed by atoms with Crippen LogP contribution >= 0.6 is 11.3 Å².